The molecule has 18 heavy (non-hydrogen) atoms. The minimum Gasteiger partial charge on any atom is -0.494 e. The Balaban J connectivity index is 2.31. The summed E-state index contributed by atoms with van der Waals surface area (Å²) in [5, 5.41) is 2.08. The fourth-order valence-electron chi connectivity index (χ4n) is 1.60. The number of halogens is 3. The summed E-state index contributed by atoms with van der Waals surface area (Å²) in [4.78, 5) is 1.44. The highest BCUT2D eigenvalue weighted by molar-refractivity contribution is 9.11. The lowest BCUT2D eigenvalue weighted by Crippen LogP contribution is -1.95. The fraction of sp³-hybridized carbons (Fsp3) is 0.231. The van der Waals surface area contributed by atoms with Gasteiger partial charge in [0.1, 0.15) is 5.75 Å². The number of hydrogen-bond acceptors (Lipinski definition) is 2. The number of ether oxygens (including phenoxy) is 1. The lowest BCUT2D eigenvalue weighted by atomic mass is 10.1. The van der Waals surface area contributed by atoms with Crippen LogP contribution in [-0.2, 0) is 0 Å². The highest BCUT2D eigenvalue weighted by Crippen LogP contribution is 2.42. The molecule has 0 fully saturated rings. The van der Waals surface area contributed by atoms with E-state index in [9.17, 15) is 0 Å². The van der Waals surface area contributed by atoms with Crippen LogP contribution in [0.25, 0.3) is 0 Å². The third kappa shape index (κ3) is 3.18. The number of hydrogen-bond donors (Lipinski definition) is 0. The Bertz CT molecular complexity index is 539. The van der Waals surface area contributed by atoms with Crippen molar-refractivity contribution in [3.05, 3.63) is 49.0 Å². The number of alkyl halides is 1. The maximum atomic E-state index is 5.48. The Morgan fingerprint density at radius 2 is 2.00 bits per heavy atom. The van der Waals surface area contributed by atoms with Gasteiger partial charge in [-0.25, -0.2) is 0 Å². The van der Waals surface area contributed by atoms with Gasteiger partial charge in [0, 0.05) is 13.8 Å². The zero-order chi connectivity index (χ0) is 13.1. The average Bonchev–Trinajstić information content (AvgIpc) is 2.75. The average molecular weight is 455 g/mol. The largest absolute Gasteiger partial charge is 0.494 e. The van der Waals surface area contributed by atoms with E-state index in [2.05, 4.69) is 65.3 Å². The van der Waals surface area contributed by atoms with E-state index in [1.165, 1.54) is 10.4 Å². The molecule has 5 heteroatoms. The van der Waals surface area contributed by atoms with E-state index in [-0.39, 0.29) is 4.83 Å². The van der Waals surface area contributed by atoms with E-state index < -0.39 is 0 Å². The molecule has 0 saturated heterocycles. The van der Waals surface area contributed by atoms with Gasteiger partial charge in [-0.2, -0.15) is 0 Å². The van der Waals surface area contributed by atoms with Crippen LogP contribution in [0, 0.1) is 0 Å². The van der Waals surface area contributed by atoms with Gasteiger partial charge < -0.3 is 4.74 Å². The summed E-state index contributed by atoms with van der Waals surface area (Å²) in [6.45, 7) is 2.66. The Morgan fingerprint density at radius 1 is 1.22 bits per heavy atom. The number of benzene rings is 1. The van der Waals surface area contributed by atoms with E-state index in [0.717, 1.165) is 14.7 Å². The molecular weight excluding hydrogens is 444 g/mol. The highest BCUT2D eigenvalue weighted by atomic mass is 79.9. The summed E-state index contributed by atoms with van der Waals surface area (Å²) in [5.41, 5.74) is 1.20. The maximum Gasteiger partial charge on any atom is 0.120 e. The molecule has 0 spiro atoms. The Kier molecular flexibility index (Phi) is 5.30. The van der Waals surface area contributed by atoms with Crippen LogP contribution in [0.5, 0.6) is 5.75 Å². The molecule has 1 heterocycles. The van der Waals surface area contributed by atoms with Gasteiger partial charge in [0.25, 0.3) is 0 Å². The molecule has 0 saturated carbocycles. The van der Waals surface area contributed by atoms with Crippen LogP contribution in [0.15, 0.2) is 38.6 Å². The molecule has 1 aromatic carbocycles. The van der Waals surface area contributed by atoms with Crippen molar-refractivity contribution in [2.45, 2.75) is 11.8 Å². The second-order valence-corrected chi connectivity index (χ2v) is 7.18. The molecule has 0 bridgehead atoms. The zero-order valence-corrected chi connectivity index (χ0v) is 15.2. The quantitative estimate of drug-likeness (QED) is 0.503. The third-order valence-corrected chi connectivity index (χ3v) is 6.31. The molecular formula is C13H11Br3OS. The van der Waals surface area contributed by atoms with E-state index in [4.69, 9.17) is 4.74 Å². The summed E-state index contributed by atoms with van der Waals surface area (Å²) in [7, 11) is 0. The summed E-state index contributed by atoms with van der Waals surface area (Å²) < 4.78 is 7.67. The molecule has 1 unspecified atom stereocenters. The van der Waals surface area contributed by atoms with Gasteiger partial charge in [0.05, 0.1) is 11.4 Å². The first-order valence-electron chi connectivity index (χ1n) is 5.42. The fourth-order valence-corrected chi connectivity index (χ4v) is 5.36. The molecule has 1 nitrogen and oxygen atoms in total. The van der Waals surface area contributed by atoms with Crippen molar-refractivity contribution in [1.29, 1.82) is 0 Å². The van der Waals surface area contributed by atoms with Gasteiger partial charge in [-0.15, -0.1) is 11.3 Å². The van der Waals surface area contributed by atoms with Crippen LogP contribution < -0.4 is 4.74 Å². The number of rotatable bonds is 4. The minimum atomic E-state index is 0.178. The molecule has 96 valence electrons. The van der Waals surface area contributed by atoms with Crippen molar-refractivity contribution in [3.63, 3.8) is 0 Å². The molecule has 0 aliphatic heterocycles. The molecule has 0 aliphatic carbocycles. The van der Waals surface area contributed by atoms with E-state index in [0.29, 0.717) is 6.61 Å². The molecule has 1 aromatic heterocycles. The van der Waals surface area contributed by atoms with E-state index in [1.807, 2.05) is 19.1 Å². The van der Waals surface area contributed by atoms with Gasteiger partial charge in [-0.3, -0.25) is 0 Å². The standard InChI is InChI=1S/C13H11Br3OS/c1-2-17-8-3-4-9(11(15)7-8)12(16)13-10(14)5-6-18-13/h3-7,12H,2H2,1H3. The Hall–Kier alpha value is 0.160. The first-order valence-corrected chi connectivity index (χ1v) is 8.80. The molecule has 0 radical (unpaired) electrons. The summed E-state index contributed by atoms with van der Waals surface area (Å²) in [6, 6.07) is 8.16. The van der Waals surface area contributed by atoms with Gasteiger partial charge >= 0.3 is 0 Å². The molecule has 0 N–H and O–H groups in total. The van der Waals surface area contributed by atoms with E-state index >= 15 is 0 Å². The molecule has 0 aliphatic rings. The lowest BCUT2D eigenvalue weighted by Gasteiger charge is -2.13. The predicted molar refractivity (Wildman–Crippen MR) is 88.1 cm³/mol. The SMILES string of the molecule is CCOc1ccc(C(Br)c2sccc2Br)c(Br)c1. The van der Waals surface area contributed by atoms with Crippen LogP contribution >= 0.6 is 59.1 Å². The topological polar surface area (TPSA) is 9.23 Å². The van der Waals surface area contributed by atoms with Crippen LogP contribution in [-0.4, -0.2) is 6.61 Å². The van der Waals surface area contributed by atoms with Crippen molar-refractivity contribution in [2.75, 3.05) is 6.61 Å². The summed E-state index contributed by atoms with van der Waals surface area (Å²) >= 11 is 12.7. The highest BCUT2D eigenvalue weighted by Gasteiger charge is 2.17. The van der Waals surface area contributed by atoms with Crippen LogP contribution in [0.2, 0.25) is 0 Å². The van der Waals surface area contributed by atoms with Crippen LogP contribution in [0.1, 0.15) is 22.2 Å². The van der Waals surface area contributed by atoms with Crippen LogP contribution in [0.3, 0.4) is 0 Å². The predicted octanol–water partition coefficient (Wildman–Crippen LogP) is 6.16. The first-order chi connectivity index (χ1) is 8.63. The van der Waals surface area contributed by atoms with E-state index in [1.54, 1.807) is 11.3 Å². The van der Waals surface area contributed by atoms with Gasteiger partial charge in [0.2, 0.25) is 0 Å². The Morgan fingerprint density at radius 3 is 2.56 bits per heavy atom. The lowest BCUT2D eigenvalue weighted by molar-refractivity contribution is 0.340. The summed E-state index contributed by atoms with van der Waals surface area (Å²) in [5.74, 6) is 0.887. The molecule has 0 amide bonds. The summed E-state index contributed by atoms with van der Waals surface area (Å²) in [6.07, 6.45) is 0. The minimum absolute atomic E-state index is 0.178. The monoisotopic (exact) mass is 452 g/mol. The number of thiophene rings is 1. The zero-order valence-electron chi connectivity index (χ0n) is 9.62. The third-order valence-electron chi connectivity index (χ3n) is 2.43. The van der Waals surface area contributed by atoms with Crippen molar-refractivity contribution in [2.24, 2.45) is 0 Å². The van der Waals surface area contributed by atoms with Gasteiger partial charge in [-0.05, 0) is 52.0 Å². The van der Waals surface area contributed by atoms with Gasteiger partial charge in [-0.1, -0.05) is 37.9 Å². The molecule has 1 atom stereocenters. The van der Waals surface area contributed by atoms with Gasteiger partial charge in [0.15, 0.2) is 0 Å². The molecule has 2 aromatic rings. The first kappa shape index (κ1) is 14.6. The second kappa shape index (κ2) is 6.55. The van der Waals surface area contributed by atoms with Crippen molar-refractivity contribution >= 4 is 59.1 Å². The normalized spacial score (nSPS) is 12.4. The van der Waals surface area contributed by atoms with Crippen molar-refractivity contribution in [3.8, 4) is 5.75 Å². The Labute approximate surface area is 136 Å². The van der Waals surface area contributed by atoms with Crippen molar-refractivity contribution in [1.82, 2.24) is 0 Å². The smallest absolute Gasteiger partial charge is 0.120 e. The maximum absolute atomic E-state index is 5.48. The van der Waals surface area contributed by atoms with Crippen LogP contribution in [0.4, 0.5) is 0 Å². The van der Waals surface area contributed by atoms with Crippen molar-refractivity contribution < 1.29 is 4.74 Å². The molecule has 2 rings (SSSR count). The second-order valence-electron chi connectivity index (χ2n) is 3.61.